The van der Waals surface area contributed by atoms with Crippen molar-refractivity contribution >= 4 is 22.9 Å². The summed E-state index contributed by atoms with van der Waals surface area (Å²) in [6.07, 6.45) is -1.42. The van der Waals surface area contributed by atoms with Crippen molar-refractivity contribution < 1.29 is 13.2 Å². The van der Waals surface area contributed by atoms with Gasteiger partial charge in [-0.25, -0.2) is 0 Å². The Morgan fingerprint density at radius 1 is 1.08 bits per heavy atom. The molecule has 0 radical (unpaired) electrons. The van der Waals surface area contributed by atoms with Gasteiger partial charge in [0.15, 0.2) is 0 Å². The molecular formula is C17H29F3N4S. The first-order chi connectivity index (χ1) is 11.6. The van der Waals surface area contributed by atoms with Gasteiger partial charge in [-0.1, -0.05) is 39.6 Å². The SMILES string of the molecule is CC.CC.CC(C)(C)SNCc1cc2cnn(CC(F)(F)F)c2cn1. The van der Waals surface area contributed by atoms with E-state index in [9.17, 15) is 13.2 Å². The van der Waals surface area contributed by atoms with Crippen LogP contribution in [0.25, 0.3) is 10.9 Å². The second kappa shape index (κ2) is 10.7. The van der Waals surface area contributed by atoms with E-state index in [-0.39, 0.29) is 4.75 Å². The van der Waals surface area contributed by atoms with Crippen LogP contribution in [-0.2, 0) is 13.1 Å². The van der Waals surface area contributed by atoms with Crippen LogP contribution in [0.5, 0.6) is 0 Å². The van der Waals surface area contributed by atoms with Crippen LogP contribution in [0.3, 0.4) is 0 Å². The van der Waals surface area contributed by atoms with E-state index in [4.69, 9.17) is 0 Å². The van der Waals surface area contributed by atoms with Gasteiger partial charge in [0.2, 0.25) is 0 Å². The lowest BCUT2D eigenvalue weighted by Gasteiger charge is -2.17. The molecule has 0 atom stereocenters. The number of nitrogens with zero attached hydrogens (tertiary/aromatic N) is 3. The monoisotopic (exact) mass is 378 g/mol. The molecule has 2 aromatic heterocycles. The molecule has 2 rings (SSSR count). The highest BCUT2D eigenvalue weighted by Crippen LogP contribution is 2.22. The van der Waals surface area contributed by atoms with Gasteiger partial charge in [0.25, 0.3) is 0 Å². The minimum Gasteiger partial charge on any atom is -0.258 e. The molecule has 0 unspecified atom stereocenters. The summed E-state index contributed by atoms with van der Waals surface area (Å²) in [6.45, 7) is 13.7. The van der Waals surface area contributed by atoms with Crippen LogP contribution >= 0.6 is 11.9 Å². The third-order valence-corrected chi connectivity index (χ3v) is 3.45. The highest BCUT2D eigenvalue weighted by atomic mass is 32.2. The first-order valence-corrected chi connectivity index (χ1v) is 9.24. The lowest BCUT2D eigenvalue weighted by atomic mass is 10.2. The maximum atomic E-state index is 12.4. The van der Waals surface area contributed by atoms with Crippen LogP contribution in [0, 0.1) is 0 Å². The van der Waals surface area contributed by atoms with Crippen LogP contribution < -0.4 is 4.72 Å². The maximum Gasteiger partial charge on any atom is 0.408 e. The van der Waals surface area contributed by atoms with E-state index in [2.05, 4.69) is 35.6 Å². The highest BCUT2D eigenvalue weighted by molar-refractivity contribution is 7.98. The van der Waals surface area contributed by atoms with Gasteiger partial charge in [-0.2, -0.15) is 18.3 Å². The molecule has 0 aliphatic carbocycles. The van der Waals surface area contributed by atoms with E-state index in [1.165, 1.54) is 12.4 Å². The molecule has 0 saturated heterocycles. The predicted octanol–water partition coefficient (Wildman–Crippen LogP) is 5.58. The number of fused-ring (bicyclic) bond motifs is 1. The minimum atomic E-state index is -4.29. The largest absolute Gasteiger partial charge is 0.408 e. The first-order valence-electron chi connectivity index (χ1n) is 8.42. The van der Waals surface area contributed by atoms with Gasteiger partial charge in [-0.05, 0) is 26.8 Å². The second-order valence-corrected chi connectivity index (χ2v) is 7.40. The molecule has 2 aromatic rings. The zero-order chi connectivity index (χ0) is 19.7. The molecule has 0 bridgehead atoms. The number of rotatable bonds is 4. The Morgan fingerprint density at radius 3 is 2.20 bits per heavy atom. The molecular weight excluding hydrogens is 349 g/mol. The third kappa shape index (κ3) is 9.11. The lowest BCUT2D eigenvalue weighted by molar-refractivity contribution is -0.141. The molecule has 0 spiro atoms. The van der Waals surface area contributed by atoms with Gasteiger partial charge in [-0.15, -0.1) is 0 Å². The van der Waals surface area contributed by atoms with Gasteiger partial charge < -0.3 is 0 Å². The summed E-state index contributed by atoms with van der Waals surface area (Å²) in [4.78, 5) is 4.19. The fourth-order valence-electron chi connectivity index (χ4n) is 1.74. The average Bonchev–Trinajstić information content (AvgIpc) is 2.90. The molecule has 144 valence electrons. The Kier molecular flexibility index (Phi) is 10.1. The number of hydrogen-bond acceptors (Lipinski definition) is 4. The molecule has 8 heteroatoms. The topological polar surface area (TPSA) is 42.7 Å². The van der Waals surface area contributed by atoms with E-state index in [1.807, 2.05) is 27.7 Å². The van der Waals surface area contributed by atoms with Crippen LogP contribution in [0.4, 0.5) is 13.2 Å². The van der Waals surface area contributed by atoms with Crippen LogP contribution in [0.2, 0.25) is 0 Å². The number of aromatic nitrogens is 3. The molecule has 0 aliphatic heterocycles. The highest BCUT2D eigenvalue weighted by Gasteiger charge is 2.29. The summed E-state index contributed by atoms with van der Waals surface area (Å²) >= 11 is 1.59. The number of alkyl halides is 3. The fourth-order valence-corrected chi connectivity index (χ4v) is 2.39. The summed E-state index contributed by atoms with van der Waals surface area (Å²) in [5.74, 6) is 0. The van der Waals surface area contributed by atoms with Gasteiger partial charge in [0.1, 0.15) is 6.54 Å². The predicted molar refractivity (Wildman–Crippen MR) is 100 cm³/mol. The zero-order valence-electron chi connectivity index (χ0n) is 16.0. The molecule has 4 nitrogen and oxygen atoms in total. The van der Waals surface area contributed by atoms with Gasteiger partial charge in [-0.3, -0.25) is 14.4 Å². The van der Waals surface area contributed by atoms with Gasteiger partial charge >= 0.3 is 6.18 Å². The van der Waals surface area contributed by atoms with Gasteiger partial charge in [0, 0.05) is 16.7 Å². The van der Waals surface area contributed by atoms with Crippen molar-refractivity contribution in [2.45, 2.75) is 72.5 Å². The van der Waals surface area contributed by atoms with E-state index in [0.717, 1.165) is 10.4 Å². The van der Waals surface area contributed by atoms with Crippen molar-refractivity contribution in [1.82, 2.24) is 19.5 Å². The Balaban J connectivity index is 0.00000134. The minimum absolute atomic E-state index is 0.0850. The number of halogens is 3. The van der Waals surface area contributed by atoms with Crippen molar-refractivity contribution in [3.63, 3.8) is 0 Å². The molecule has 0 fully saturated rings. The van der Waals surface area contributed by atoms with Crippen molar-refractivity contribution in [2.24, 2.45) is 0 Å². The average molecular weight is 379 g/mol. The standard InChI is InChI=1S/C13H17F3N4S.2C2H6/c1-12(2,3)21-19-6-10-4-9-5-18-20(8-13(14,15)16)11(9)7-17-10;2*1-2/h4-5,7,19H,6,8H2,1-3H3;2*1-2H3. The normalized spacial score (nSPS) is 11.4. The number of pyridine rings is 1. The Labute approximate surface area is 152 Å². The summed E-state index contributed by atoms with van der Waals surface area (Å²) in [5.41, 5.74) is 1.16. The Hall–Kier alpha value is -1.28. The Bertz CT molecular complexity index is 618. The summed E-state index contributed by atoms with van der Waals surface area (Å²) in [5, 5.41) is 4.43. The summed E-state index contributed by atoms with van der Waals surface area (Å²) in [6, 6.07) is 1.76. The summed E-state index contributed by atoms with van der Waals surface area (Å²) in [7, 11) is 0. The van der Waals surface area contributed by atoms with E-state index in [1.54, 1.807) is 18.0 Å². The van der Waals surface area contributed by atoms with Crippen LogP contribution in [0.15, 0.2) is 18.5 Å². The molecule has 1 N–H and O–H groups in total. The smallest absolute Gasteiger partial charge is 0.258 e. The van der Waals surface area contributed by atoms with Gasteiger partial charge in [0.05, 0.1) is 23.6 Å². The molecule has 2 heterocycles. The van der Waals surface area contributed by atoms with Crippen molar-refractivity contribution in [3.8, 4) is 0 Å². The van der Waals surface area contributed by atoms with Crippen molar-refractivity contribution in [2.75, 3.05) is 0 Å². The van der Waals surface area contributed by atoms with Crippen molar-refractivity contribution in [1.29, 1.82) is 0 Å². The quantitative estimate of drug-likeness (QED) is 0.705. The fraction of sp³-hybridized carbons (Fsp3) is 0.647. The number of nitrogens with one attached hydrogen (secondary N) is 1. The first kappa shape index (κ1) is 23.7. The number of hydrogen-bond donors (Lipinski definition) is 1. The molecule has 0 saturated carbocycles. The maximum absolute atomic E-state index is 12.4. The second-order valence-electron chi connectivity index (χ2n) is 5.69. The summed E-state index contributed by atoms with van der Waals surface area (Å²) < 4.78 is 41.4. The van der Waals surface area contributed by atoms with E-state index >= 15 is 0 Å². The lowest BCUT2D eigenvalue weighted by Crippen LogP contribution is -2.18. The van der Waals surface area contributed by atoms with Crippen molar-refractivity contribution in [3.05, 3.63) is 24.2 Å². The van der Waals surface area contributed by atoms with E-state index in [0.29, 0.717) is 17.4 Å². The van der Waals surface area contributed by atoms with Crippen LogP contribution in [-0.4, -0.2) is 25.7 Å². The molecule has 0 amide bonds. The molecule has 0 aromatic carbocycles. The molecule has 25 heavy (non-hydrogen) atoms. The van der Waals surface area contributed by atoms with E-state index < -0.39 is 12.7 Å². The Morgan fingerprint density at radius 2 is 1.68 bits per heavy atom. The molecule has 0 aliphatic rings. The van der Waals surface area contributed by atoms with Crippen LogP contribution in [0.1, 0.15) is 54.2 Å². The third-order valence-electron chi connectivity index (χ3n) is 2.55. The zero-order valence-corrected chi connectivity index (χ0v) is 16.8.